The molecule has 3 nitrogen and oxygen atoms in total. The average Bonchev–Trinajstić information content (AvgIpc) is 3.13. The molecule has 2 aromatic rings. The van der Waals surface area contributed by atoms with Crippen LogP contribution >= 0.6 is 0 Å². The average molecular weight is 228 g/mol. The predicted molar refractivity (Wildman–Crippen MR) is 69.0 cm³/mol. The molecular weight excluding hydrogens is 212 g/mol. The Morgan fingerprint density at radius 2 is 2.18 bits per heavy atom. The molecule has 1 aliphatic rings. The molecule has 3 rings (SSSR count). The lowest BCUT2D eigenvalue weighted by molar-refractivity contribution is 0.305. The Hall–Kier alpha value is -1.77. The summed E-state index contributed by atoms with van der Waals surface area (Å²) in [6.45, 7) is 0.800. The molecule has 1 saturated carbocycles. The molecule has 3 heteroatoms. The van der Waals surface area contributed by atoms with Crippen LogP contribution in [0.1, 0.15) is 19.3 Å². The van der Waals surface area contributed by atoms with Gasteiger partial charge in [0.15, 0.2) is 0 Å². The van der Waals surface area contributed by atoms with E-state index < -0.39 is 0 Å². The molecule has 88 valence electrons. The first kappa shape index (κ1) is 10.4. The van der Waals surface area contributed by atoms with E-state index in [0.29, 0.717) is 0 Å². The maximum Gasteiger partial charge on any atom is 0.130 e. The van der Waals surface area contributed by atoms with Crippen molar-refractivity contribution in [3.05, 3.63) is 30.5 Å². The molecule has 0 spiro atoms. The lowest BCUT2D eigenvalue weighted by Crippen LogP contribution is -1.99. The Kier molecular flexibility index (Phi) is 2.59. The van der Waals surface area contributed by atoms with Crippen molar-refractivity contribution in [2.24, 2.45) is 5.92 Å². The number of benzene rings is 1. The van der Waals surface area contributed by atoms with Crippen molar-refractivity contribution < 1.29 is 4.74 Å². The Balaban J connectivity index is 1.81. The number of aromatic nitrogens is 1. The largest absolute Gasteiger partial charge is 0.493 e. The highest BCUT2D eigenvalue weighted by Gasteiger charge is 2.20. The van der Waals surface area contributed by atoms with Gasteiger partial charge in [0.2, 0.25) is 0 Å². The summed E-state index contributed by atoms with van der Waals surface area (Å²) in [6.07, 6.45) is 5.68. The van der Waals surface area contributed by atoms with Crippen LogP contribution in [0.5, 0.6) is 5.75 Å². The van der Waals surface area contributed by atoms with E-state index in [4.69, 9.17) is 10.5 Å². The number of fused-ring (bicyclic) bond motifs is 1. The lowest BCUT2D eigenvalue weighted by atomic mass is 10.2. The molecule has 17 heavy (non-hydrogen) atoms. The van der Waals surface area contributed by atoms with Crippen molar-refractivity contribution in [2.75, 3.05) is 12.3 Å². The van der Waals surface area contributed by atoms with Crippen molar-refractivity contribution in [3.8, 4) is 5.75 Å². The summed E-state index contributed by atoms with van der Waals surface area (Å²) >= 11 is 0. The molecule has 1 aromatic carbocycles. The highest BCUT2D eigenvalue weighted by atomic mass is 16.5. The summed E-state index contributed by atoms with van der Waals surface area (Å²) in [6, 6.07) is 7.66. The van der Waals surface area contributed by atoms with Gasteiger partial charge >= 0.3 is 0 Å². The van der Waals surface area contributed by atoms with Crippen molar-refractivity contribution in [1.29, 1.82) is 0 Å². The molecule has 1 aliphatic carbocycles. The van der Waals surface area contributed by atoms with Gasteiger partial charge in [0.1, 0.15) is 5.75 Å². The number of rotatable bonds is 4. The van der Waals surface area contributed by atoms with Crippen molar-refractivity contribution in [1.82, 2.24) is 4.98 Å². The van der Waals surface area contributed by atoms with Gasteiger partial charge < -0.3 is 10.5 Å². The first-order valence-corrected chi connectivity index (χ1v) is 6.10. The Morgan fingerprint density at radius 1 is 1.29 bits per heavy atom. The standard InChI is InChI=1S/C14H16N2O/c15-11-3-4-12-13(9-11)16-7-5-14(12)17-8-6-10-1-2-10/h3-5,7,9-10H,1-2,6,8,15H2. The van der Waals surface area contributed by atoms with Gasteiger partial charge in [-0.3, -0.25) is 4.98 Å². The second kappa shape index (κ2) is 4.24. The molecule has 1 aromatic heterocycles. The minimum absolute atomic E-state index is 0.736. The van der Waals surface area contributed by atoms with E-state index >= 15 is 0 Å². The van der Waals surface area contributed by atoms with Gasteiger partial charge in [0, 0.05) is 17.3 Å². The van der Waals surface area contributed by atoms with Gasteiger partial charge in [-0.25, -0.2) is 0 Å². The summed E-state index contributed by atoms with van der Waals surface area (Å²) in [5.74, 6) is 1.81. The minimum atomic E-state index is 0.736. The molecule has 0 unspecified atom stereocenters. The Bertz CT molecular complexity index is 535. The first-order valence-electron chi connectivity index (χ1n) is 6.10. The minimum Gasteiger partial charge on any atom is -0.493 e. The zero-order valence-electron chi connectivity index (χ0n) is 9.73. The molecular formula is C14H16N2O. The highest BCUT2D eigenvalue weighted by Crippen LogP contribution is 2.33. The maximum absolute atomic E-state index is 5.83. The molecule has 0 radical (unpaired) electrons. The van der Waals surface area contributed by atoms with Crippen molar-refractivity contribution >= 4 is 16.6 Å². The van der Waals surface area contributed by atoms with Crippen LogP contribution < -0.4 is 10.5 Å². The summed E-state index contributed by atoms with van der Waals surface area (Å²) in [4.78, 5) is 4.30. The maximum atomic E-state index is 5.83. The highest BCUT2D eigenvalue weighted by molar-refractivity contribution is 5.87. The van der Waals surface area contributed by atoms with Crippen LogP contribution in [0.4, 0.5) is 5.69 Å². The summed E-state index contributed by atoms with van der Waals surface area (Å²) in [5.41, 5.74) is 7.37. The van der Waals surface area contributed by atoms with Crippen molar-refractivity contribution in [2.45, 2.75) is 19.3 Å². The van der Waals surface area contributed by atoms with Crippen LogP contribution in [0.15, 0.2) is 30.5 Å². The van der Waals surface area contributed by atoms with Crippen LogP contribution in [0.2, 0.25) is 0 Å². The van der Waals surface area contributed by atoms with Gasteiger partial charge in [-0.1, -0.05) is 12.8 Å². The summed E-state index contributed by atoms with van der Waals surface area (Å²) in [5, 5.41) is 1.04. The number of nitrogens with two attached hydrogens (primary N) is 1. The second-order valence-electron chi connectivity index (χ2n) is 4.67. The number of ether oxygens (including phenoxy) is 1. The monoisotopic (exact) mass is 228 g/mol. The number of anilines is 1. The molecule has 0 aliphatic heterocycles. The SMILES string of the molecule is Nc1ccc2c(OCCC3CC3)ccnc2c1. The molecule has 1 heterocycles. The Morgan fingerprint density at radius 3 is 3.00 bits per heavy atom. The van der Waals surface area contributed by atoms with Crippen LogP contribution in [0.25, 0.3) is 10.9 Å². The predicted octanol–water partition coefficient (Wildman–Crippen LogP) is 3.00. The second-order valence-corrected chi connectivity index (χ2v) is 4.67. The fourth-order valence-corrected chi connectivity index (χ4v) is 2.01. The van der Waals surface area contributed by atoms with E-state index in [1.165, 1.54) is 19.3 Å². The first-order chi connectivity index (χ1) is 8.33. The smallest absolute Gasteiger partial charge is 0.130 e. The molecule has 0 amide bonds. The third-order valence-electron chi connectivity index (χ3n) is 3.21. The molecule has 0 bridgehead atoms. The topological polar surface area (TPSA) is 48.1 Å². The van der Waals surface area contributed by atoms with Crippen LogP contribution in [-0.2, 0) is 0 Å². The van der Waals surface area contributed by atoms with E-state index in [9.17, 15) is 0 Å². The number of pyridine rings is 1. The van der Waals surface area contributed by atoms with E-state index in [0.717, 1.165) is 34.9 Å². The number of hydrogen-bond acceptors (Lipinski definition) is 3. The summed E-state index contributed by atoms with van der Waals surface area (Å²) < 4.78 is 5.83. The lowest BCUT2D eigenvalue weighted by Gasteiger charge is -2.08. The molecule has 2 N–H and O–H groups in total. The Labute approximate surface area is 101 Å². The van der Waals surface area contributed by atoms with Gasteiger partial charge in [-0.05, 0) is 36.6 Å². The third kappa shape index (κ3) is 2.33. The van der Waals surface area contributed by atoms with E-state index in [-0.39, 0.29) is 0 Å². The van der Waals surface area contributed by atoms with Crippen LogP contribution in [0, 0.1) is 5.92 Å². The molecule has 1 fully saturated rings. The van der Waals surface area contributed by atoms with E-state index in [1.807, 2.05) is 24.3 Å². The summed E-state index contributed by atoms with van der Waals surface area (Å²) in [7, 11) is 0. The fourth-order valence-electron chi connectivity index (χ4n) is 2.01. The number of nitrogens with zero attached hydrogens (tertiary/aromatic N) is 1. The van der Waals surface area contributed by atoms with Crippen LogP contribution in [-0.4, -0.2) is 11.6 Å². The van der Waals surface area contributed by atoms with Crippen molar-refractivity contribution in [3.63, 3.8) is 0 Å². The number of nitrogen functional groups attached to an aromatic ring is 1. The fraction of sp³-hybridized carbons (Fsp3) is 0.357. The van der Waals surface area contributed by atoms with Gasteiger partial charge in [0.25, 0.3) is 0 Å². The normalized spacial score (nSPS) is 15.1. The van der Waals surface area contributed by atoms with E-state index in [1.54, 1.807) is 6.20 Å². The number of hydrogen-bond donors (Lipinski definition) is 1. The zero-order chi connectivity index (χ0) is 11.7. The molecule has 0 atom stereocenters. The zero-order valence-corrected chi connectivity index (χ0v) is 9.73. The van der Waals surface area contributed by atoms with E-state index in [2.05, 4.69) is 4.98 Å². The molecule has 0 saturated heterocycles. The van der Waals surface area contributed by atoms with Gasteiger partial charge in [0.05, 0.1) is 12.1 Å². The third-order valence-corrected chi connectivity index (χ3v) is 3.21. The van der Waals surface area contributed by atoms with Gasteiger partial charge in [-0.15, -0.1) is 0 Å². The quantitative estimate of drug-likeness (QED) is 0.818. The van der Waals surface area contributed by atoms with Gasteiger partial charge in [-0.2, -0.15) is 0 Å². The van der Waals surface area contributed by atoms with Crippen LogP contribution in [0.3, 0.4) is 0 Å².